The summed E-state index contributed by atoms with van der Waals surface area (Å²) in [5.74, 6) is -2.55. The van der Waals surface area contributed by atoms with E-state index in [4.69, 9.17) is 5.73 Å². The van der Waals surface area contributed by atoms with Crippen LogP contribution in [0.1, 0.15) is 16.1 Å². The maximum absolute atomic E-state index is 12.9. The maximum atomic E-state index is 12.9. The van der Waals surface area contributed by atoms with Crippen LogP contribution in [0.15, 0.2) is 59.4 Å². The number of para-hydroxylation sites is 1. The van der Waals surface area contributed by atoms with Crippen molar-refractivity contribution in [3.63, 3.8) is 0 Å². The van der Waals surface area contributed by atoms with Crippen molar-refractivity contribution in [2.45, 2.75) is 6.92 Å². The first kappa shape index (κ1) is 19.6. The van der Waals surface area contributed by atoms with Gasteiger partial charge in [0.25, 0.3) is 11.5 Å². The zero-order valence-electron chi connectivity index (χ0n) is 15.8. The molecule has 9 nitrogen and oxygen atoms in total. The Bertz CT molecular complexity index is 1140. The molecule has 3 aromatic rings. The fourth-order valence-electron chi connectivity index (χ4n) is 2.80. The van der Waals surface area contributed by atoms with Gasteiger partial charge in [0.05, 0.1) is 11.4 Å². The zero-order chi connectivity index (χ0) is 21.1. The molecule has 0 unspecified atom stereocenters. The molecule has 0 aliphatic carbocycles. The quantitative estimate of drug-likeness (QED) is 0.575. The Morgan fingerprint density at radius 3 is 2.14 bits per heavy atom. The van der Waals surface area contributed by atoms with Gasteiger partial charge in [-0.2, -0.15) is 0 Å². The van der Waals surface area contributed by atoms with E-state index in [1.807, 2.05) is 18.2 Å². The van der Waals surface area contributed by atoms with E-state index in [2.05, 4.69) is 10.6 Å². The monoisotopic (exact) mass is 393 g/mol. The number of nitrogens with two attached hydrogens (primary N) is 1. The summed E-state index contributed by atoms with van der Waals surface area (Å²) in [4.78, 5) is 47.5. The van der Waals surface area contributed by atoms with Crippen molar-refractivity contribution >= 4 is 29.1 Å². The van der Waals surface area contributed by atoms with Gasteiger partial charge in [-0.1, -0.05) is 18.2 Å². The van der Waals surface area contributed by atoms with Gasteiger partial charge in [-0.3, -0.25) is 23.9 Å². The molecule has 29 heavy (non-hydrogen) atoms. The molecule has 148 valence electrons. The van der Waals surface area contributed by atoms with Gasteiger partial charge in [0.1, 0.15) is 5.69 Å². The summed E-state index contributed by atoms with van der Waals surface area (Å²) >= 11 is 0. The lowest BCUT2D eigenvalue weighted by Gasteiger charge is -2.07. The number of nitrogens with zero attached hydrogens (tertiary/aromatic N) is 2. The molecule has 0 aliphatic heterocycles. The van der Waals surface area contributed by atoms with Crippen molar-refractivity contribution in [2.24, 2.45) is 12.8 Å². The Balaban J connectivity index is 1.84. The number of benzene rings is 2. The smallest absolute Gasteiger partial charge is 0.313 e. The number of anilines is 2. The summed E-state index contributed by atoms with van der Waals surface area (Å²) in [5.41, 5.74) is 6.57. The van der Waals surface area contributed by atoms with Crippen LogP contribution in [-0.2, 0) is 16.6 Å². The van der Waals surface area contributed by atoms with E-state index < -0.39 is 17.7 Å². The number of hydrogen-bond donors (Lipinski definition) is 3. The molecule has 0 saturated carbocycles. The highest BCUT2D eigenvalue weighted by atomic mass is 16.2. The second kappa shape index (κ2) is 7.85. The third kappa shape index (κ3) is 3.93. The molecule has 3 rings (SSSR count). The highest BCUT2D eigenvalue weighted by Gasteiger charge is 2.19. The van der Waals surface area contributed by atoms with Crippen molar-refractivity contribution in [3.05, 3.63) is 76.2 Å². The normalized spacial score (nSPS) is 10.4. The second-order valence-corrected chi connectivity index (χ2v) is 6.29. The predicted octanol–water partition coefficient (Wildman–Crippen LogP) is 1.16. The van der Waals surface area contributed by atoms with Crippen molar-refractivity contribution in [2.75, 3.05) is 10.6 Å². The van der Waals surface area contributed by atoms with Crippen LogP contribution < -0.4 is 21.9 Å². The first-order chi connectivity index (χ1) is 13.8. The fourth-order valence-corrected chi connectivity index (χ4v) is 2.80. The number of carbonyl (C=O) groups excluding carboxylic acids is 3. The molecule has 4 N–H and O–H groups in total. The van der Waals surface area contributed by atoms with E-state index in [1.54, 1.807) is 30.8 Å². The standard InChI is InChI=1S/C20H19N5O4/c1-12-16(20(29)25(24(12)2)15-6-4-3-5-7-15)23-18(27)13-8-10-14(11-9-13)22-19(28)17(21)26/h3-11H,1-2H3,(H2,21,26)(H,22,28)(H,23,27). The van der Waals surface area contributed by atoms with E-state index in [0.717, 1.165) is 0 Å². The summed E-state index contributed by atoms with van der Waals surface area (Å²) in [7, 11) is 1.73. The molecule has 0 radical (unpaired) electrons. The lowest BCUT2D eigenvalue weighted by molar-refractivity contribution is -0.134. The third-order valence-electron chi connectivity index (χ3n) is 4.42. The van der Waals surface area contributed by atoms with Gasteiger partial charge < -0.3 is 16.4 Å². The van der Waals surface area contributed by atoms with Crippen LogP contribution in [0.25, 0.3) is 5.69 Å². The van der Waals surface area contributed by atoms with E-state index >= 15 is 0 Å². The van der Waals surface area contributed by atoms with Gasteiger partial charge >= 0.3 is 11.8 Å². The molecule has 9 heteroatoms. The van der Waals surface area contributed by atoms with Gasteiger partial charge in [0.15, 0.2) is 0 Å². The number of nitrogens with one attached hydrogen (secondary N) is 2. The van der Waals surface area contributed by atoms with Gasteiger partial charge in [-0.15, -0.1) is 0 Å². The minimum atomic E-state index is -1.11. The number of hydrogen-bond acceptors (Lipinski definition) is 4. The van der Waals surface area contributed by atoms with Crippen molar-refractivity contribution < 1.29 is 14.4 Å². The van der Waals surface area contributed by atoms with Crippen LogP contribution in [0.2, 0.25) is 0 Å². The number of carbonyl (C=O) groups is 3. The molecule has 0 spiro atoms. The van der Waals surface area contributed by atoms with Gasteiger partial charge in [0, 0.05) is 18.3 Å². The highest BCUT2D eigenvalue weighted by molar-refractivity contribution is 6.39. The van der Waals surface area contributed by atoms with Crippen LogP contribution in [-0.4, -0.2) is 27.1 Å². The molecule has 0 saturated heterocycles. The van der Waals surface area contributed by atoms with Crippen LogP contribution >= 0.6 is 0 Å². The van der Waals surface area contributed by atoms with Gasteiger partial charge in [0.2, 0.25) is 0 Å². The Morgan fingerprint density at radius 2 is 1.55 bits per heavy atom. The van der Waals surface area contributed by atoms with Crippen LogP contribution in [0, 0.1) is 6.92 Å². The van der Waals surface area contributed by atoms with E-state index in [-0.39, 0.29) is 16.8 Å². The van der Waals surface area contributed by atoms with Crippen LogP contribution in [0.5, 0.6) is 0 Å². The molecule has 2 aromatic carbocycles. The minimum absolute atomic E-state index is 0.174. The van der Waals surface area contributed by atoms with Crippen molar-refractivity contribution in [1.29, 1.82) is 0 Å². The fraction of sp³-hybridized carbons (Fsp3) is 0.100. The van der Waals surface area contributed by atoms with E-state index in [0.29, 0.717) is 17.1 Å². The molecule has 1 heterocycles. The number of amides is 3. The lowest BCUT2D eigenvalue weighted by atomic mass is 10.2. The Labute approximate surface area is 165 Å². The summed E-state index contributed by atoms with van der Waals surface area (Å²) in [6.07, 6.45) is 0. The Kier molecular flexibility index (Phi) is 5.31. The largest absolute Gasteiger partial charge is 0.361 e. The summed E-state index contributed by atoms with van der Waals surface area (Å²) in [5, 5.41) is 4.95. The molecule has 0 aliphatic rings. The summed E-state index contributed by atoms with van der Waals surface area (Å²) in [6, 6.07) is 14.9. The van der Waals surface area contributed by atoms with E-state index in [9.17, 15) is 19.2 Å². The maximum Gasteiger partial charge on any atom is 0.313 e. The topological polar surface area (TPSA) is 128 Å². The Morgan fingerprint density at radius 1 is 0.931 bits per heavy atom. The molecule has 0 atom stereocenters. The van der Waals surface area contributed by atoms with Crippen LogP contribution in [0.4, 0.5) is 11.4 Å². The molecular weight excluding hydrogens is 374 g/mol. The second-order valence-electron chi connectivity index (χ2n) is 6.29. The summed E-state index contributed by atoms with van der Waals surface area (Å²) < 4.78 is 3.13. The van der Waals surface area contributed by atoms with Crippen LogP contribution in [0.3, 0.4) is 0 Å². The van der Waals surface area contributed by atoms with Crippen molar-refractivity contribution in [1.82, 2.24) is 9.36 Å². The first-order valence-electron chi connectivity index (χ1n) is 8.66. The third-order valence-corrected chi connectivity index (χ3v) is 4.42. The summed E-state index contributed by atoms with van der Waals surface area (Å²) in [6.45, 7) is 1.74. The zero-order valence-corrected chi connectivity index (χ0v) is 15.8. The molecule has 1 aromatic heterocycles. The number of rotatable bonds is 4. The number of primary amides is 1. The average Bonchev–Trinajstić information content (AvgIpc) is 2.92. The minimum Gasteiger partial charge on any atom is -0.361 e. The Hall–Kier alpha value is -4.14. The van der Waals surface area contributed by atoms with Gasteiger partial charge in [-0.05, 0) is 43.3 Å². The number of aromatic nitrogens is 2. The molecular formula is C20H19N5O4. The first-order valence-corrected chi connectivity index (χ1v) is 8.66. The average molecular weight is 393 g/mol. The van der Waals surface area contributed by atoms with Crippen molar-refractivity contribution in [3.8, 4) is 5.69 Å². The SMILES string of the molecule is Cc1c(NC(=O)c2ccc(NC(=O)C(N)=O)cc2)c(=O)n(-c2ccccc2)n1C. The molecule has 0 bridgehead atoms. The molecule has 3 amide bonds. The van der Waals surface area contributed by atoms with E-state index in [1.165, 1.54) is 28.9 Å². The molecule has 0 fully saturated rings. The highest BCUT2D eigenvalue weighted by Crippen LogP contribution is 2.16. The predicted molar refractivity (Wildman–Crippen MR) is 108 cm³/mol. The lowest BCUT2D eigenvalue weighted by Crippen LogP contribution is -2.29. The van der Waals surface area contributed by atoms with Gasteiger partial charge in [-0.25, -0.2) is 4.68 Å².